The third-order valence-corrected chi connectivity index (χ3v) is 10.3. The number of nitrogens with zero attached hydrogens (tertiary/aromatic N) is 6. The van der Waals surface area contributed by atoms with E-state index >= 15 is 0 Å². The molecule has 16 nitrogen and oxygen atoms in total. The van der Waals surface area contributed by atoms with Crippen molar-refractivity contribution in [2.45, 2.75) is 99.1 Å². The molecule has 4 N–H and O–H groups in total. The Morgan fingerprint density at radius 3 is 2.13 bits per heavy atom. The largest absolute Gasteiger partial charge is 0.496 e. The molecule has 2 fully saturated rings. The van der Waals surface area contributed by atoms with Crippen molar-refractivity contribution in [1.29, 1.82) is 0 Å². The maximum atomic E-state index is 11.4. The predicted molar refractivity (Wildman–Crippen MR) is 247 cm³/mol. The molecule has 5 rings (SSSR count). The average Bonchev–Trinajstić information content (AvgIpc) is 3.74. The lowest BCUT2D eigenvalue weighted by Gasteiger charge is -2.32. The van der Waals surface area contributed by atoms with Crippen molar-refractivity contribution >= 4 is 47.2 Å². The Labute approximate surface area is 370 Å². The smallest absolute Gasteiger partial charge is 0.235 e. The Bertz CT molecular complexity index is 1740. The molecular weight excluding hydrogens is 791 g/mol. The number of aromatic nitrogens is 3. The van der Waals surface area contributed by atoms with E-state index in [2.05, 4.69) is 81.0 Å². The second kappa shape index (κ2) is 30.5. The van der Waals surface area contributed by atoms with E-state index < -0.39 is 5.41 Å². The number of likely N-dealkylation sites (N-methyl/N-ethyl adjacent to an activating group) is 2. The number of hydrogen-bond donors (Lipinski definition) is 3. The summed E-state index contributed by atoms with van der Waals surface area (Å²) in [4.78, 5) is 57.3. The number of methoxy groups -OCH3 is 1. The zero-order valence-corrected chi connectivity index (χ0v) is 39.0. The summed E-state index contributed by atoms with van der Waals surface area (Å²) >= 11 is 0. The molecule has 2 amide bonds. The minimum Gasteiger partial charge on any atom is -0.496 e. The van der Waals surface area contributed by atoms with Crippen molar-refractivity contribution in [2.24, 2.45) is 5.41 Å². The number of unbranched alkanes of at least 4 members (excludes halogenated alkanes) is 4. The quantitative estimate of drug-likeness (QED) is 0.0624. The third kappa shape index (κ3) is 19.3. The summed E-state index contributed by atoms with van der Waals surface area (Å²) in [6.07, 6.45) is 11.7. The van der Waals surface area contributed by atoms with Gasteiger partial charge in [0.05, 0.1) is 57.6 Å². The van der Waals surface area contributed by atoms with E-state index in [9.17, 15) is 19.2 Å². The van der Waals surface area contributed by atoms with Gasteiger partial charge in [-0.25, -0.2) is 4.98 Å². The Balaban J connectivity index is 0.000000372. The topological polar surface area (TPSA) is 186 Å². The number of hydrogen-bond acceptors (Lipinski definition) is 14. The first-order valence-corrected chi connectivity index (χ1v) is 22.3. The number of fused-ring (bicyclic) bond motifs is 1. The number of nitrogens with one attached hydrogen (secondary N) is 2. The zero-order chi connectivity index (χ0) is 45.8. The molecular formula is C46H77N9O7. The van der Waals surface area contributed by atoms with Gasteiger partial charge in [-0.05, 0) is 38.2 Å². The lowest BCUT2D eigenvalue weighted by molar-refractivity contribution is -0.142. The minimum absolute atomic E-state index is 0.110. The van der Waals surface area contributed by atoms with Gasteiger partial charge in [0.25, 0.3) is 0 Å². The Morgan fingerprint density at radius 2 is 1.55 bits per heavy atom. The van der Waals surface area contributed by atoms with Gasteiger partial charge in [-0.1, -0.05) is 78.9 Å². The van der Waals surface area contributed by atoms with Crippen LogP contribution in [0.4, 0.5) is 11.8 Å². The molecule has 348 valence electrons. The SMILES string of the molecule is CC1(C)CC(=O)N(CC=O)C1=O.CCCCC.CCCCCNc1nc(N)nc2ccn(Cc3ccc(CN4CCN(C)CC4)cc3OC)c12.CNCCOCCOCCC=O. The molecule has 0 atom stereocenters. The molecule has 0 saturated carbocycles. The summed E-state index contributed by atoms with van der Waals surface area (Å²) < 4.78 is 18.2. The van der Waals surface area contributed by atoms with Crippen LogP contribution in [0.3, 0.4) is 0 Å². The summed E-state index contributed by atoms with van der Waals surface area (Å²) in [6.45, 7) is 20.1. The molecule has 3 aromatic rings. The van der Waals surface area contributed by atoms with Crippen LogP contribution in [0.5, 0.6) is 5.75 Å². The number of ether oxygens (including phenoxy) is 3. The predicted octanol–water partition coefficient (Wildman–Crippen LogP) is 5.41. The van der Waals surface area contributed by atoms with Gasteiger partial charge in [-0.3, -0.25) is 19.4 Å². The fraction of sp³-hybridized carbons (Fsp3) is 0.652. The first-order valence-electron chi connectivity index (χ1n) is 22.3. The highest BCUT2D eigenvalue weighted by Gasteiger charge is 2.44. The van der Waals surface area contributed by atoms with E-state index in [1.54, 1.807) is 21.0 Å². The molecule has 16 heteroatoms. The minimum atomic E-state index is -0.625. The summed E-state index contributed by atoms with van der Waals surface area (Å²) in [7, 11) is 5.81. The average molecular weight is 868 g/mol. The van der Waals surface area contributed by atoms with Crippen molar-refractivity contribution in [2.75, 3.05) is 104 Å². The number of anilines is 2. The van der Waals surface area contributed by atoms with Crippen molar-refractivity contribution in [3.8, 4) is 5.75 Å². The normalized spacial score (nSPS) is 14.9. The van der Waals surface area contributed by atoms with Gasteiger partial charge >= 0.3 is 0 Å². The molecule has 0 radical (unpaired) electrons. The van der Waals surface area contributed by atoms with Crippen LogP contribution in [0.2, 0.25) is 0 Å². The van der Waals surface area contributed by atoms with E-state index in [0.717, 1.165) is 91.6 Å². The highest BCUT2D eigenvalue weighted by Crippen LogP contribution is 2.31. The molecule has 0 aliphatic carbocycles. The van der Waals surface area contributed by atoms with Crippen molar-refractivity contribution in [3.63, 3.8) is 0 Å². The Kier molecular flexibility index (Phi) is 26.4. The van der Waals surface area contributed by atoms with Crippen LogP contribution in [0.15, 0.2) is 30.5 Å². The van der Waals surface area contributed by atoms with Crippen LogP contribution in [0, 0.1) is 5.41 Å². The fourth-order valence-corrected chi connectivity index (χ4v) is 6.70. The van der Waals surface area contributed by atoms with Crippen molar-refractivity contribution in [3.05, 3.63) is 41.6 Å². The molecule has 1 aromatic carbocycles. The summed E-state index contributed by atoms with van der Waals surface area (Å²) in [5.74, 6) is 1.50. The third-order valence-electron chi connectivity index (χ3n) is 10.3. The summed E-state index contributed by atoms with van der Waals surface area (Å²) in [5.41, 5.74) is 9.58. The number of nitrogens with two attached hydrogens (primary N) is 1. The van der Waals surface area contributed by atoms with Crippen LogP contribution in [0.25, 0.3) is 11.0 Å². The molecule has 2 aliphatic heterocycles. The van der Waals surface area contributed by atoms with E-state index in [1.165, 1.54) is 37.7 Å². The monoisotopic (exact) mass is 868 g/mol. The van der Waals surface area contributed by atoms with Gasteiger partial charge in [0.1, 0.15) is 23.8 Å². The number of aldehydes is 2. The number of nitrogen functional groups attached to an aromatic ring is 1. The van der Waals surface area contributed by atoms with Gasteiger partial charge < -0.3 is 49.6 Å². The van der Waals surface area contributed by atoms with Crippen molar-refractivity contribution in [1.82, 2.24) is 34.6 Å². The maximum Gasteiger partial charge on any atom is 0.235 e. The Morgan fingerprint density at radius 1 is 0.855 bits per heavy atom. The second-order valence-electron chi connectivity index (χ2n) is 16.1. The highest BCUT2D eigenvalue weighted by molar-refractivity contribution is 6.06. The number of rotatable bonds is 23. The number of benzene rings is 1. The van der Waals surface area contributed by atoms with Gasteiger partial charge in [-0.15, -0.1) is 0 Å². The molecule has 0 spiro atoms. The van der Waals surface area contributed by atoms with Crippen LogP contribution in [-0.4, -0.2) is 147 Å². The number of carbonyl (C=O) groups is 4. The van der Waals surface area contributed by atoms with Gasteiger partial charge in [-0.2, -0.15) is 4.98 Å². The molecule has 62 heavy (non-hydrogen) atoms. The first kappa shape index (κ1) is 53.7. The van der Waals surface area contributed by atoms with E-state index in [1.807, 2.05) is 19.3 Å². The summed E-state index contributed by atoms with van der Waals surface area (Å²) in [6, 6.07) is 8.58. The van der Waals surface area contributed by atoms with Crippen LogP contribution in [-0.2, 0) is 41.7 Å². The number of carbonyl (C=O) groups excluding carboxylic acids is 4. The van der Waals surface area contributed by atoms with E-state index in [-0.39, 0.29) is 24.8 Å². The lowest BCUT2D eigenvalue weighted by atomic mass is 9.92. The Hall–Kier alpha value is -4.48. The highest BCUT2D eigenvalue weighted by atomic mass is 16.5. The van der Waals surface area contributed by atoms with Gasteiger partial charge in [0, 0.05) is 70.4 Å². The molecule has 0 bridgehead atoms. The number of likely N-dealkylation sites (tertiary alicyclic amines) is 1. The standard InChI is InChI=1S/C25H37N7O.C8H11NO3.C8H17NO3.C5H12/c1-4-5-6-10-27-24-23-21(28-25(26)29-24)9-11-32(23)18-20-8-7-19(16-22(20)33-3)17-31-14-12-30(2)13-15-31;1-8(2)5-6(11)9(3-4-10)7(8)12;1-9-3-6-12-8-7-11-5-2-4-10;1-3-5-4-2/h7-9,11,16H,4-6,10,12-15,17-18H2,1-3H3,(H3,26,27,28,29);4H,3,5H2,1-2H3;4,9H,2-3,5-8H2,1H3;3-5H2,1-2H3. The van der Waals surface area contributed by atoms with Gasteiger partial charge in [0.15, 0.2) is 5.82 Å². The zero-order valence-electron chi connectivity index (χ0n) is 39.0. The van der Waals surface area contributed by atoms with Crippen LogP contribution >= 0.6 is 0 Å². The van der Waals surface area contributed by atoms with E-state index in [4.69, 9.17) is 19.9 Å². The van der Waals surface area contributed by atoms with Crippen LogP contribution < -0.4 is 21.1 Å². The molecule has 2 saturated heterocycles. The molecule has 4 heterocycles. The fourth-order valence-electron chi connectivity index (χ4n) is 6.70. The van der Waals surface area contributed by atoms with Crippen LogP contribution in [0.1, 0.15) is 97.1 Å². The number of imide groups is 1. The molecule has 2 aromatic heterocycles. The number of piperazine rings is 1. The lowest BCUT2D eigenvalue weighted by Crippen LogP contribution is -2.43. The molecule has 2 aliphatic rings. The maximum absolute atomic E-state index is 11.4. The molecule has 0 unspecified atom stereocenters. The number of amides is 2. The van der Waals surface area contributed by atoms with Gasteiger partial charge in [0.2, 0.25) is 17.8 Å². The summed E-state index contributed by atoms with van der Waals surface area (Å²) in [5, 5.41) is 6.44. The first-order chi connectivity index (χ1) is 29.9. The van der Waals surface area contributed by atoms with Crippen molar-refractivity contribution < 1.29 is 33.4 Å². The van der Waals surface area contributed by atoms with E-state index in [0.29, 0.717) is 51.6 Å². The second-order valence-corrected chi connectivity index (χ2v) is 16.1.